The molecule has 1 aromatic carbocycles. The fraction of sp³-hybridized carbons (Fsp3) is 0.500. The maximum Gasteiger partial charge on any atom is 0.501 e. The third kappa shape index (κ3) is 3.78. The standard InChI is InChI=1S/C12H15F3N2O4S2/c13-12(14,15)22(18,19)11-7-9(23(16,20)21)5-6-10(11)17-8-3-1-2-4-8/h5-8,17H,1-4H2,(H2,16,20,21). The second-order valence-corrected chi connectivity index (χ2v) is 8.75. The summed E-state index contributed by atoms with van der Waals surface area (Å²) in [5.74, 6) is 0. The zero-order valence-electron chi connectivity index (χ0n) is 11.8. The molecule has 3 N–H and O–H groups in total. The van der Waals surface area contributed by atoms with Crippen LogP contribution in [0.3, 0.4) is 0 Å². The highest BCUT2D eigenvalue weighted by molar-refractivity contribution is 7.92. The van der Waals surface area contributed by atoms with Crippen LogP contribution in [0.25, 0.3) is 0 Å². The summed E-state index contributed by atoms with van der Waals surface area (Å²) < 4.78 is 84.6. The number of sulfonamides is 1. The molecule has 130 valence electrons. The van der Waals surface area contributed by atoms with Gasteiger partial charge < -0.3 is 5.32 Å². The molecule has 0 aliphatic heterocycles. The van der Waals surface area contributed by atoms with Gasteiger partial charge in [-0.15, -0.1) is 0 Å². The molecule has 1 saturated carbocycles. The minimum absolute atomic E-state index is 0.155. The van der Waals surface area contributed by atoms with Crippen molar-refractivity contribution in [1.29, 1.82) is 0 Å². The average molecular weight is 372 g/mol. The Balaban J connectivity index is 2.58. The molecule has 1 aliphatic carbocycles. The molecule has 23 heavy (non-hydrogen) atoms. The number of primary sulfonamides is 1. The van der Waals surface area contributed by atoms with Gasteiger partial charge >= 0.3 is 5.51 Å². The van der Waals surface area contributed by atoms with Crippen molar-refractivity contribution in [1.82, 2.24) is 0 Å². The summed E-state index contributed by atoms with van der Waals surface area (Å²) in [6, 6.07) is 2.26. The van der Waals surface area contributed by atoms with E-state index in [-0.39, 0.29) is 11.7 Å². The molecule has 0 unspecified atom stereocenters. The highest BCUT2D eigenvalue weighted by Gasteiger charge is 2.48. The van der Waals surface area contributed by atoms with Gasteiger partial charge in [-0.25, -0.2) is 22.0 Å². The van der Waals surface area contributed by atoms with Gasteiger partial charge in [0.15, 0.2) is 0 Å². The maximum atomic E-state index is 12.8. The van der Waals surface area contributed by atoms with Crippen molar-refractivity contribution in [2.45, 2.75) is 47.0 Å². The molecule has 1 fully saturated rings. The number of alkyl halides is 3. The second-order valence-electron chi connectivity index (χ2n) is 5.28. The number of rotatable bonds is 4. The lowest BCUT2D eigenvalue weighted by atomic mass is 10.2. The van der Waals surface area contributed by atoms with Crippen molar-refractivity contribution in [3.05, 3.63) is 18.2 Å². The van der Waals surface area contributed by atoms with E-state index in [0.717, 1.165) is 25.0 Å². The van der Waals surface area contributed by atoms with E-state index in [2.05, 4.69) is 5.32 Å². The lowest BCUT2D eigenvalue weighted by molar-refractivity contribution is -0.0435. The van der Waals surface area contributed by atoms with Gasteiger partial charge in [0, 0.05) is 6.04 Å². The summed E-state index contributed by atoms with van der Waals surface area (Å²) >= 11 is 0. The molecule has 0 amide bonds. The Morgan fingerprint density at radius 1 is 1.09 bits per heavy atom. The van der Waals surface area contributed by atoms with E-state index in [1.54, 1.807) is 0 Å². The van der Waals surface area contributed by atoms with Crippen LogP contribution in [0.4, 0.5) is 18.9 Å². The first-order valence-electron chi connectivity index (χ1n) is 6.67. The number of hydrogen-bond acceptors (Lipinski definition) is 5. The Labute approximate surface area is 131 Å². The fourth-order valence-electron chi connectivity index (χ4n) is 2.44. The molecule has 0 heterocycles. The molecule has 0 spiro atoms. The van der Waals surface area contributed by atoms with Gasteiger partial charge in [-0.1, -0.05) is 12.8 Å². The van der Waals surface area contributed by atoms with E-state index in [1.165, 1.54) is 0 Å². The largest absolute Gasteiger partial charge is 0.501 e. The fourth-order valence-corrected chi connectivity index (χ4v) is 4.00. The van der Waals surface area contributed by atoms with Gasteiger partial charge in [0.05, 0.1) is 10.6 Å². The molecule has 0 aromatic heterocycles. The van der Waals surface area contributed by atoms with Crippen LogP contribution in [-0.4, -0.2) is 28.4 Å². The first-order chi connectivity index (χ1) is 10.4. The van der Waals surface area contributed by atoms with Crippen molar-refractivity contribution in [2.24, 2.45) is 5.14 Å². The predicted molar refractivity (Wildman–Crippen MR) is 76.9 cm³/mol. The van der Waals surface area contributed by atoms with Crippen LogP contribution in [0.5, 0.6) is 0 Å². The van der Waals surface area contributed by atoms with Crippen molar-refractivity contribution >= 4 is 25.5 Å². The van der Waals surface area contributed by atoms with Crippen molar-refractivity contribution in [3.63, 3.8) is 0 Å². The lowest BCUT2D eigenvalue weighted by Gasteiger charge is -2.18. The number of hydrogen-bond donors (Lipinski definition) is 2. The minimum Gasteiger partial charge on any atom is -0.381 e. The van der Waals surface area contributed by atoms with Gasteiger partial charge in [0.25, 0.3) is 9.84 Å². The Morgan fingerprint density at radius 2 is 1.65 bits per heavy atom. The van der Waals surface area contributed by atoms with Crippen LogP contribution in [0.2, 0.25) is 0 Å². The van der Waals surface area contributed by atoms with Gasteiger partial charge in [-0.3, -0.25) is 0 Å². The van der Waals surface area contributed by atoms with E-state index < -0.39 is 35.2 Å². The third-order valence-corrected chi connectivity index (χ3v) is 6.03. The molecule has 11 heteroatoms. The molecular formula is C12H15F3N2O4S2. The summed E-state index contributed by atoms with van der Waals surface area (Å²) in [6.07, 6.45) is 3.16. The highest BCUT2D eigenvalue weighted by atomic mass is 32.2. The van der Waals surface area contributed by atoms with Crippen molar-refractivity contribution < 1.29 is 30.0 Å². The Hall–Kier alpha value is -1.33. The number of sulfone groups is 1. The monoisotopic (exact) mass is 372 g/mol. The first-order valence-corrected chi connectivity index (χ1v) is 9.70. The van der Waals surface area contributed by atoms with Crippen molar-refractivity contribution in [3.8, 4) is 0 Å². The average Bonchev–Trinajstić information content (AvgIpc) is 2.89. The first kappa shape index (κ1) is 18.0. The van der Waals surface area contributed by atoms with Crippen LogP contribution in [-0.2, 0) is 19.9 Å². The molecule has 1 aliphatic rings. The van der Waals surface area contributed by atoms with Gasteiger partial charge in [0.1, 0.15) is 4.90 Å². The molecule has 0 atom stereocenters. The maximum absolute atomic E-state index is 12.8. The number of halogens is 3. The van der Waals surface area contributed by atoms with Crippen LogP contribution in [0.15, 0.2) is 28.0 Å². The van der Waals surface area contributed by atoms with E-state index >= 15 is 0 Å². The van der Waals surface area contributed by atoms with Gasteiger partial charge in [-0.2, -0.15) is 13.2 Å². The Bertz CT molecular complexity index is 798. The molecule has 6 nitrogen and oxygen atoms in total. The van der Waals surface area contributed by atoms with Crippen LogP contribution in [0.1, 0.15) is 25.7 Å². The summed E-state index contributed by atoms with van der Waals surface area (Å²) in [6.45, 7) is 0. The highest BCUT2D eigenvalue weighted by Crippen LogP contribution is 2.36. The van der Waals surface area contributed by atoms with Crippen LogP contribution in [0, 0.1) is 0 Å². The molecule has 0 saturated heterocycles. The smallest absolute Gasteiger partial charge is 0.381 e. The van der Waals surface area contributed by atoms with Crippen LogP contribution >= 0.6 is 0 Å². The summed E-state index contributed by atoms with van der Waals surface area (Å²) in [5, 5.41) is 7.62. The van der Waals surface area contributed by atoms with Gasteiger partial charge in [0.2, 0.25) is 10.0 Å². The topological polar surface area (TPSA) is 106 Å². The zero-order valence-corrected chi connectivity index (χ0v) is 13.4. The normalized spacial score (nSPS) is 17.4. The van der Waals surface area contributed by atoms with E-state index in [1.807, 2.05) is 0 Å². The summed E-state index contributed by atoms with van der Waals surface area (Å²) in [4.78, 5) is -1.83. The lowest BCUT2D eigenvalue weighted by Crippen LogP contribution is -2.26. The summed E-state index contributed by atoms with van der Waals surface area (Å²) in [5.41, 5.74) is -5.82. The number of nitrogens with one attached hydrogen (secondary N) is 1. The number of anilines is 1. The van der Waals surface area contributed by atoms with E-state index in [9.17, 15) is 30.0 Å². The predicted octanol–water partition coefficient (Wildman–Crippen LogP) is 1.98. The van der Waals surface area contributed by atoms with E-state index in [0.29, 0.717) is 18.9 Å². The Kier molecular flexibility index (Phi) is 4.66. The molecule has 0 bridgehead atoms. The second kappa shape index (κ2) is 5.95. The zero-order chi connectivity index (χ0) is 17.5. The minimum atomic E-state index is -5.71. The van der Waals surface area contributed by atoms with Crippen LogP contribution < -0.4 is 10.5 Å². The quantitative estimate of drug-likeness (QED) is 0.841. The number of benzene rings is 1. The van der Waals surface area contributed by atoms with Gasteiger partial charge in [-0.05, 0) is 31.0 Å². The third-order valence-electron chi connectivity index (χ3n) is 3.59. The molecular weight excluding hydrogens is 357 g/mol. The molecule has 2 rings (SSSR count). The summed E-state index contributed by atoms with van der Waals surface area (Å²) in [7, 11) is -10.0. The SMILES string of the molecule is NS(=O)(=O)c1ccc(NC2CCCC2)c(S(=O)(=O)C(F)(F)F)c1. The Morgan fingerprint density at radius 3 is 2.13 bits per heavy atom. The van der Waals surface area contributed by atoms with Crippen molar-refractivity contribution in [2.75, 3.05) is 5.32 Å². The molecule has 1 aromatic rings. The molecule has 0 radical (unpaired) electrons. The number of nitrogens with two attached hydrogens (primary N) is 1. The van der Waals surface area contributed by atoms with E-state index in [4.69, 9.17) is 5.14 Å².